The van der Waals surface area contributed by atoms with Gasteiger partial charge in [0.15, 0.2) is 0 Å². The molecule has 6 fully saturated rings. The second-order valence-electron chi connectivity index (χ2n) is 23.9. The first-order valence-electron chi connectivity index (χ1n) is 31.0. The number of nitrogens with zero attached hydrogens (tertiary/aromatic N) is 9. The topological polar surface area (TPSA) is 198 Å². The molecular weight excluding hydrogens is 1360 g/mol. The summed E-state index contributed by atoms with van der Waals surface area (Å²) >= 11 is 8.35. The third kappa shape index (κ3) is 18.7. The number of alkyl halides is 7. The number of nitrogen functional groups attached to an aromatic ring is 1. The number of anilines is 6. The van der Waals surface area contributed by atoms with Crippen LogP contribution in [-0.4, -0.2) is 175 Å². The van der Waals surface area contributed by atoms with Crippen LogP contribution in [0.2, 0.25) is 0 Å². The molecule has 0 radical (unpaired) electrons. The number of nitrogens with one attached hydrogen (secondary N) is 1. The highest BCUT2D eigenvalue weighted by Gasteiger charge is 2.56. The summed E-state index contributed by atoms with van der Waals surface area (Å²) in [6, 6.07) is 23.9. The number of carbonyl (C=O) groups is 6. The average Bonchev–Trinajstić information content (AvgIpc) is 0.989. The number of piperazine rings is 3. The first-order valence-corrected chi connectivity index (χ1v) is 33.4. The lowest BCUT2D eigenvalue weighted by Gasteiger charge is -2.51. The van der Waals surface area contributed by atoms with Gasteiger partial charge < -0.3 is 59.7 Å². The zero-order chi connectivity index (χ0) is 67.3. The largest absolute Gasteiger partial charge is 0.474 e. The molecule has 3 aromatic carbocycles. The maximum absolute atomic E-state index is 14.8. The van der Waals surface area contributed by atoms with Crippen LogP contribution >= 0.6 is 51.3 Å². The molecule has 512 valence electrons. The van der Waals surface area contributed by atoms with Crippen molar-refractivity contribution in [2.45, 2.75) is 102 Å². The van der Waals surface area contributed by atoms with Crippen molar-refractivity contribution in [1.82, 2.24) is 25.0 Å². The molecule has 0 bridgehead atoms. The lowest BCUT2D eigenvalue weighted by atomic mass is 9.79. The normalized spacial score (nSPS) is 19.2. The number of thiophene rings is 1. The molecule has 3 N–H and O–H groups in total. The molecule has 0 unspecified atom stereocenters. The third-order valence-electron chi connectivity index (χ3n) is 16.5. The molecule has 2 atom stereocenters. The number of aromatic nitrogens is 1. The van der Waals surface area contributed by atoms with E-state index in [2.05, 4.69) is 48.2 Å². The molecule has 19 nitrogen and oxygen atoms in total. The summed E-state index contributed by atoms with van der Waals surface area (Å²) in [5.41, 5.74) is 7.45. The Hall–Kier alpha value is -7.07. The standard InChI is InChI=1S/C34H35F6N5O4S.C15H23N3O2.C13H17N3O.C3H4BrClO.ClH/c1-2-6-27-32(49-22-19-28(50-21-22)34(38,39)40,11-5-13-45(27)30(47)23-20-41-12-9-24(23)33(35,36)37)31(48)43-17-15-42(16-18-43)25-7-3-4-8-26(25)44-14-10-29(44)46;1-15(2,3)20-14(19)18-10-8-17(9-11-18)13-7-5-4-6-12(13)16;17-13-5-8-16(13)12-4-2-1-3-11(12)15-9-6-14-7-10-15;4-2-1-3(5)6;/h3-4,7-9,12,19-21,27H,2,5-6,10-11,13-18H2,1H3;4-7H,8-11,16H2,1-3H3;1-4,14H,5-10H2;1-2H2;1H/t27-,32+;;;;/m1..../s1. The number of pyridine rings is 1. The Balaban J connectivity index is 0.000000230. The van der Waals surface area contributed by atoms with Gasteiger partial charge in [-0.15, -0.1) is 23.7 Å². The van der Waals surface area contributed by atoms with Crippen LogP contribution in [-0.2, 0) is 36.3 Å². The van der Waals surface area contributed by atoms with Crippen molar-refractivity contribution in [2.75, 3.05) is 134 Å². The van der Waals surface area contributed by atoms with Crippen LogP contribution in [0.5, 0.6) is 5.75 Å². The van der Waals surface area contributed by atoms with Crippen molar-refractivity contribution in [2.24, 2.45) is 0 Å². The van der Waals surface area contributed by atoms with Crippen LogP contribution in [0.3, 0.4) is 0 Å². The summed E-state index contributed by atoms with van der Waals surface area (Å²) in [6.45, 7) is 16.9. The Morgan fingerprint density at radius 1 is 0.713 bits per heavy atom. The number of ether oxygens (including phenoxy) is 2. The van der Waals surface area contributed by atoms with E-state index in [4.69, 9.17) is 26.8 Å². The van der Waals surface area contributed by atoms with Gasteiger partial charge in [0.2, 0.25) is 22.7 Å². The number of amides is 5. The fourth-order valence-electron chi connectivity index (χ4n) is 11.8. The molecule has 29 heteroatoms. The monoisotopic (exact) mass is 1440 g/mol. The van der Waals surface area contributed by atoms with Gasteiger partial charge in [-0.05, 0) is 87.7 Å². The number of benzene rings is 3. The molecule has 2 aromatic heterocycles. The molecule has 0 aliphatic carbocycles. The molecule has 5 aromatic rings. The van der Waals surface area contributed by atoms with Gasteiger partial charge in [0.05, 0.1) is 51.3 Å². The molecule has 94 heavy (non-hydrogen) atoms. The minimum absolute atomic E-state index is 0. The van der Waals surface area contributed by atoms with Gasteiger partial charge in [-0.1, -0.05) is 65.7 Å². The molecule has 6 aliphatic heterocycles. The number of halogens is 9. The second-order valence-corrected chi connectivity index (χ2v) is 26.0. The van der Waals surface area contributed by atoms with Gasteiger partial charge in [-0.2, -0.15) is 26.3 Å². The lowest BCUT2D eigenvalue weighted by Crippen LogP contribution is -2.69. The Labute approximate surface area is 567 Å². The smallest absolute Gasteiger partial charge is 0.425 e. The van der Waals surface area contributed by atoms with E-state index < -0.39 is 57.4 Å². The number of hydrogen-bond donors (Lipinski definition) is 2. The van der Waals surface area contributed by atoms with Crippen molar-refractivity contribution in [1.29, 1.82) is 0 Å². The summed E-state index contributed by atoms with van der Waals surface area (Å²) in [7, 11) is 0. The van der Waals surface area contributed by atoms with E-state index in [1.165, 1.54) is 10.6 Å². The number of hydrogen-bond acceptors (Lipinski definition) is 15. The van der Waals surface area contributed by atoms with E-state index in [-0.39, 0.29) is 80.2 Å². The first-order chi connectivity index (χ1) is 44.2. The van der Waals surface area contributed by atoms with Gasteiger partial charge in [-0.3, -0.25) is 29.0 Å². The summed E-state index contributed by atoms with van der Waals surface area (Å²) in [4.78, 5) is 91.9. The Bertz CT molecular complexity index is 3400. The van der Waals surface area contributed by atoms with Crippen molar-refractivity contribution < 1.29 is 64.6 Å². The van der Waals surface area contributed by atoms with Crippen LogP contribution in [0.15, 0.2) is 103 Å². The van der Waals surface area contributed by atoms with Gasteiger partial charge in [0.1, 0.15) is 16.2 Å². The van der Waals surface area contributed by atoms with Crippen LogP contribution in [0, 0.1) is 0 Å². The predicted molar refractivity (Wildman–Crippen MR) is 359 cm³/mol. The average molecular weight is 1440 g/mol. The van der Waals surface area contributed by atoms with Crippen molar-refractivity contribution in [3.63, 3.8) is 0 Å². The van der Waals surface area contributed by atoms with E-state index >= 15 is 0 Å². The highest BCUT2D eigenvalue weighted by atomic mass is 79.9. The van der Waals surface area contributed by atoms with Crippen LogP contribution in [0.4, 0.5) is 65.3 Å². The highest BCUT2D eigenvalue weighted by molar-refractivity contribution is 9.09. The summed E-state index contributed by atoms with van der Waals surface area (Å²) in [5.74, 6) is -1.50. The zero-order valence-electron chi connectivity index (χ0n) is 52.9. The molecule has 0 saturated carbocycles. The molecule has 0 spiro atoms. The van der Waals surface area contributed by atoms with E-state index in [0.717, 1.165) is 98.1 Å². The van der Waals surface area contributed by atoms with Crippen LogP contribution in [0.25, 0.3) is 0 Å². The lowest BCUT2D eigenvalue weighted by molar-refractivity contribution is -0.159. The molecule has 6 aliphatic rings. The number of piperidine rings is 1. The van der Waals surface area contributed by atoms with Crippen molar-refractivity contribution in [3.05, 3.63) is 119 Å². The fourth-order valence-corrected chi connectivity index (χ4v) is 13.2. The van der Waals surface area contributed by atoms with Gasteiger partial charge in [0, 0.05) is 153 Å². The number of nitrogens with two attached hydrogens (primary N) is 1. The van der Waals surface area contributed by atoms with E-state index in [1.807, 2.05) is 91.2 Å². The molecular formula is C65H80BrCl2F6N11O8S. The van der Waals surface area contributed by atoms with Crippen molar-refractivity contribution in [3.8, 4) is 5.75 Å². The third-order valence-corrected chi connectivity index (χ3v) is 18.0. The number of carbonyl (C=O) groups excluding carboxylic acids is 6. The highest BCUT2D eigenvalue weighted by Crippen LogP contribution is 2.44. The maximum atomic E-state index is 14.8. The number of likely N-dealkylation sites (tertiary alicyclic amines) is 1. The summed E-state index contributed by atoms with van der Waals surface area (Å²) in [5, 5.41) is 4.87. The molecule has 11 rings (SSSR count). The second kappa shape index (κ2) is 33.1. The summed E-state index contributed by atoms with van der Waals surface area (Å²) in [6.07, 6.45) is -5.72. The van der Waals surface area contributed by atoms with Crippen molar-refractivity contribution >= 4 is 120 Å². The molecule has 6 saturated heterocycles. The molecule has 8 heterocycles. The maximum Gasteiger partial charge on any atom is 0.425 e. The number of rotatable bonds is 13. The van der Waals surface area contributed by atoms with E-state index in [1.54, 1.807) is 21.6 Å². The summed E-state index contributed by atoms with van der Waals surface area (Å²) < 4.78 is 94.6. The number of para-hydroxylation sites is 6. The minimum atomic E-state index is -4.86. The Morgan fingerprint density at radius 2 is 1.23 bits per heavy atom. The molecule has 5 amide bonds. The predicted octanol–water partition coefficient (Wildman–Crippen LogP) is 11.6. The van der Waals surface area contributed by atoms with Gasteiger partial charge in [-0.25, -0.2) is 4.79 Å². The van der Waals surface area contributed by atoms with Crippen LogP contribution < -0.4 is 40.3 Å². The fraction of sp³-hybridized carbons (Fsp3) is 0.492. The first kappa shape index (κ1) is 74.3. The quantitative estimate of drug-likeness (QED) is 0.0371. The number of β-lactam (4-membered cyclic amide) rings is 2. The SMILES string of the molecule is CC(C)(C)OC(=O)N1CCN(c2ccccc2N)CC1.CCC[C@H]1N(C(=O)c2cnccc2C(F)(F)F)CCC[C@@]1(Oc1csc(C(F)(F)F)c1)C(=O)N1CCN(c2ccccc2N2CCC2=O)CC1.Cl.O=C(Cl)CCBr.O=C1CCN1c1ccccc1N1CCNCC1. The van der Waals surface area contributed by atoms with E-state index in [9.17, 15) is 55.1 Å². The Morgan fingerprint density at radius 3 is 1.69 bits per heavy atom. The zero-order valence-corrected chi connectivity index (χ0v) is 56.8. The van der Waals surface area contributed by atoms with Crippen LogP contribution in [0.1, 0.15) is 93.4 Å². The van der Waals surface area contributed by atoms with Gasteiger partial charge >= 0.3 is 18.4 Å². The van der Waals surface area contributed by atoms with E-state index in [0.29, 0.717) is 81.1 Å². The van der Waals surface area contributed by atoms with Gasteiger partial charge in [0.25, 0.3) is 11.8 Å². The minimum Gasteiger partial charge on any atom is -0.474 e. The Kier molecular flexibility index (Phi) is 26.1.